The van der Waals surface area contributed by atoms with Gasteiger partial charge in [0.2, 0.25) is 6.23 Å². The Morgan fingerprint density at radius 2 is 2.62 bits per heavy atom. The van der Waals surface area contributed by atoms with Gasteiger partial charge >= 0.3 is 6.16 Å². The molecule has 3 N–H and O–H groups in total. The Balaban J connectivity index is 2.20. The van der Waals surface area contributed by atoms with Crippen LogP contribution in [-0.2, 0) is 11.2 Å². The van der Waals surface area contributed by atoms with Crippen LogP contribution in [0.5, 0.6) is 0 Å². The van der Waals surface area contributed by atoms with E-state index in [1.165, 1.54) is 6.33 Å². The van der Waals surface area contributed by atoms with Crippen LogP contribution in [0.15, 0.2) is 6.33 Å². The Kier molecular flexibility index (Phi) is 1.90. The van der Waals surface area contributed by atoms with Crippen molar-refractivity contribution in [2.75, 3.05) is 6.54 Å². The Labute approximate surface area is 73.9 Å². The molecule has 0 saturated carbocycles. The molecule has 1 atom stereocenters. The van der Waals surface area contributed by atoms with Gasteiger partial charge in [0.05, 0.1) is 6.33 Å². The van der Waals surface area contributed by atoms with Crippen LogP contribution in [0.2, 0.25) is 0 Å². The minimum atomic E-state index is -1.30. The molecule has 1 aliphatic heterocycles. The highest BCUT2D eigenvalue weighted by Gasteiger charge is 2.24. The summed E-state index contributed by atoms with van der Waals surface area (Å²) in [4.78, 5) is 17.2. The van der Waals surface area contributed by atoms with Crippen molar-refractivity contribution in [3.05, 3.63) is 17.7 Å². The predicted octanol–water partition coefficient (Wildman–Crippen LogP) is 0.249. The summed E-state index contributed by atoms with van der Waals surface area (Å²) < 4.78 is 4.60. The van der Waals surface area contributed by atoms with Crippen LogP contribution in [0.4, 0.5) is 4.79 Å². The van der Waals surface area contributed by atoms with Crippen LogP contribution in [0.25, 0.3) is 0 Å². The van der Waals surface area contributed by atoms with E-state index in [1.54, 1.807) is 0 Å². The van der Waals surface area contributed by atoms with Crippen LogP contribution in [0.1, 0.15) is 17.6 Å². The molecule has 0 amide bonds. The highest BCUT2D eigenvalue weighted by Crippen LogP contribution is 2.19. The fourth-order valence-corrected chi connectivity index (χ4v) is 1.38. The van der Waals surface area contributed by atoms with Gasteiger partial charge in [-0.2, -0.15) is 0 Å². The summed E-state index contributed by atoms with van der Waals surface area (Å²) in [6, 6.07) is 0. The van der Waals surface area contributed by atoms with Gasteiger partial charge in [-0.1, -0.05) is 0 Å². The van der Waals surface area contributed by atoms with E-state index in [0.717, 1.165) is 12.1 Å². The van der Waals surface area contributed by atoms with Crippen molar-refractivity contribution < 1.29 is 14.6 Å². The second-order valence-corrected chi connectivity index (χ2v) is 2.73. The molecular weight excluding hydrogens is 174 g/mol. The van der Waals surface area contributed by atoms with E-state index in [0.29, 0.717) is 12.2 Å². The molecule has 70 valence electrons. The molecule has 0 bridgehead atoms. The van der Waals surface area contributed by atoms with Crippen LogP contribution in [0.3, 0.4) is 0 Å². The van der Waals surface area contributed by atoms with Crippen LogP contribution in [0, 0.1) is 0 Å². The van der Waals surface area contributed by atoms with Gasteiger partial charge in [-0.05, 0) is 0 Å². The molecule has 2 heterocycles. The van der Waals surface area contributed by atoms with Crippen molar-refractivity contribution in [2.24, 2.45) is 0 Å². The van der Waals surface area contributed by atoms with Gasteiger partial charge in [0, 0.05) is 18.7 Å². The number of aromatic amines is 1. The zero-order chi connectivity index (χ0) is 9.26. The number of hydrogen-bond acceptors (Lipinski definition) is 4. The van der Waals surface area contributed by atoms with Crippen LogP contribution >= 0.6 is 0 Å². The fourth-order valence-electron chi connectivity index (χ4n) is 1.38. The number of H-pyrrole nitrogens is 1. The molecule has 1 aromatic heterocycles. The Morgan fingerprint density at radius 1 is 1.77 bits per heavy atom. The Hall–Kier alpha value is -1.56. The van der Waals surface area contributed by atoms with E-state index in [-0.39, 0.29) is 0 Å². The predicted molar refractivity (Wildman–Crippen MR) is 42.1 cm³/mol. The maximum absolute atomic E-state index is 10.3. The Morgan fingerprint density at radius 3 is 3.38 bits per heavy atom. The first kappa shape index (κ1) is 8.06. The van der Waals surface area contributed by atoms with E-state index >= 15 is 0 Å². The summed E-state index contributed by atoms with van der Waals surface area (Å²) in [5, 5.41) is 11.3. The maximum atomic E-state index is 10.3. The summed E-state index contributed by atoms with van der Waals surface area (Å²) >= 11 is 0. The maximum Gasteiger partial charge on any atom is 0.507 e. The quantitative estimate of drug-likeness (QED) is 0.543. The van der Waals surface area contributed by atoms with Gasteiger partial charge in [-0.3, -0.25) is 5.32 Å². The van der Waals surface area contributed by atoms with Gasteiger partial charge in [0.1, 0.15) is 5.69 Å². The van der Waals surface area contributed by atoms with Gasteiger partial charge in [0.25, 0.3) is 0 Å². The number of fused-ring (bicyclic) bond motifs is 1. The van der Waals surface area contributed by atoms with Gasteiger partial charge in [-0.15, -0.1) is 0 Å². The molecule has 1 unspecified atom stereocenters. The summed E-state index contributed by atoms with van der Waals surface area (Å²) in [6.45, 7) is 0.688. The topological polar surface area (TPSA) is 87.2 Å². The minimum absolute atomic E-state index is 0.632. The molecular formula is C7H9N3O3. The number of carboxylic acid groups (broad SMARTS) is 1. The highest BCUT2D eigenvalue weighted by molar-refractivity contribution is 5.57. The number of carbonyl (C=O) groups is 1. The van der Waals surface area contributed by atoms with E-state index in [9.17, 15) is 4.79 Å². The first-order valence-electron chi connectivity index (χ1n) is 3.92. The molecule has 0 aliphatic carbocycles. The zero-order valence-electron chi connectivity index (χ0n) is 6.78. The lowest BCUT2D eigenvalue weighted by Gasteiger charge is -2.21. The normalized spacial score (nSPS) is 20.8. The summed E-state index contributed by atoms with van der Waals surface area (Å²) in [5.74, 6) is 0. The second kappa shape index (κ2) is 3.06. The lowest BCUT2D eigenvalue weighted by atomic mass is 10.1. The summed E-state index contributed by atoms with van der Waals surface area (Å²) in [6.07, 6.45) is 0.422. The fraction of sp³-hybridized carbons (Fsp3) is 0.429. The Bertz CT molecular complexity index is 323. The van der Waals surface area contributed by atoms with E-state index in [1.807, 2.05) is 0 Å². The number of rotatable bonds is 1. The summed E-state index contributed by atoms with van der Waals surface area (Å²) in [5.41, 5.74) is 1.57. The molecule has 0 fully saturated rings. The third-order valence-electron chi connectivity index (χ3n) is 1.92. The first-order chi connectivity index (χ1) is 6.27. The smallest absolute Gasteiger partial charge is 0.450 e. The van der Waals surface area contributed by atoms with Gasteiger partial charge < -0.3 is 14.8 Å². The number of imidazole rings is 1. The van der Waals surface area contributed by atoms with E-state index in [4.69, 9.17) is 5.11 Å². The first-order valence-corrected chi connectivity index (χ1v) is 3.92. The summed E-state index contributed by atoms with van der Waals surface area (Å²) in [7, 11) is 0. The van der Waals surface area contributed by atoms with Crippen LogP contribution in [-0.4, -0.2) is 27.8 Å². The largest absolute Gasteiger partial charge is 0.507 e. The number of ether oxygens (including phenoxy) is 1. The monoisotopic (exact) mass is 183 g/mol. The number of nitrogens with zero attached hydrogens (tertiary/aromatic N) is 1. The van der Waals surface area contributed by atoms with Crippen molar-refractivity contribution in [3.8, 4) is 0 Å². The molecule has 13 heavy (non-hydrogen) atoms. The molecule has 6 heteroatoms. The third kappa shape index (κ3) is 1.48. The molecule has 0 spiro atoms. The SMILES string of the molecule is O=C(O)OC1NCCc2[nH]cnc21. The molecule has 0 radical (unpaired) electrons. The van der Waals surface area contributed by atoms with Crippen molar-refractivity contribution in [2.45, 2.75) is 12.6 Å². The highest BCUT2D eigenvalue weighted by atomic mass is 16.7. The lowest BCUT2D eigenvalue weighted by molar-refractivity contribution is 0.0313. The van der Waals surface area contributed by atoms with Crippen molar-refractivity contribution in [1.82, 2.24) is 15.3 Å². The molecule has 1 aromatic rings. The second-order valence-electron chi connectivity index (χ2n) is 2.73. The molecule has 0 saturated heterocycles. The zero-order valence-corrected chi connectivity index (χ0v) is 6.78. The van der Waals surface area contributed by atoms with E-state index in [2.05, 4.69) is 20.0 Å². The number of aromatic nitrogens is 2. The molecule has 1 aliphatic rings. The lowest BCUT2D eigenvalue weighted by Crippen LogP contribution is -2.32. The third-order valence-corrected chi connectivity index (χ3v) is 1.92. The minimum Gasteiger partial charge on any atom is -0.450 e. The van der Waals surface area contributed by atoms with Crippen molar-refractivity contribution >= 4 is 6.16 Å². The standard InChI is InChI=1S/C7H9N3O3/c11-7(12)13-6-5-4(1-2-8-6)9-3-10-5/h3,6,8H,1-2H2,(H,9,10)(H,11,12). The van der Waals surface area contributed by atoms with Crippen molar-refractivity contribution in [3.63, 3.8) is 0 Å². The number of hydrogen-bond donors (Lipinski definition) is 3. The van der Waals surface area contributed by atoms with E-state index < -0.39 is 12.4 Å². The van der Waals surface area contributed by atoms with Gasteiger partial charge in [-0.25, -0.2) is 9.78 Å². The number of nitrogens with one attached hydrogen (secondary N) is 2. The van der Waals surface area contributed by atoms with Crippen molar-refractivity contribution in [1.29, 1.82) is 0 Å². The average Bonchev–Trinajstić information content (AvgIpc) is 2.51. The molecule has 2 rings (SSSR count). The molecule has 6 nitrogen and oxygen atoms in total. The van der Waals surface area contributed by atoms with Crippen LogP contribution < -0.4 is 5.32 Å². The average molecular weight is 183 g/mol. The molecule has 0 aromatic carbocycles. The van der Waals surface area contributed by atoms with Gasteiger partial charge in [0.15, 0.2) is 0 Å².